The molecule has 16 heavy (non-hydrogen) atoms. The molecule has 1 aromatic rings. The van der Waals surface area contributed by atoms with Crippen LogP contribution in [0.4, 0.5) is 0 Å². The van der Waals surface area contributed by atoms with Crippen molar-refractivity contribution >= 4 is 27.9 Å². The molecule has 0 aromatic heterocycles. The highest BCUT2D eigenvalue weighted by Gasteiger charge is 2.13. The van der Waals surface area contributed by atoms with Crippen molar-refractivity contribution in [2.45, 2.75) is 0 Å². The number of benzene rings is 1. The molecule has 6 heteroatoms. The van der Waals surface area contributed by atoms with E-state index in [2.05, 4.69) is 20.7 Å². The fourth-order valence-electron chi connectivity index (χ4n) is 0.988. The first-order chi connectivity index (χ1) is 7.54. The van der Waals surface area contributed by atoms with E-state index in [0.717, 1.165) is 0 Å². The van der Waals surface area contributed by atoms with E-state index in [1.807, 2.05) is 0 Å². The van der Waals surface area contributed by atoms with Crippen LogP contribution in [-0.4, -0.2) is 30.8 Å². The molecule has 1 rings (SSSR count). The molecule has 0 saturated carbocycles. The first-order valence-corrected chi connectivity index (χ1v) is 5.06. The minimum absolute atomic E-state index is 0.00731. The number of carboxylic acid groups (broad SMARTS) is 1. The normalized spacial score (nSPS) is 9.62. The zero-order chi connectivity index (χ0) is 12.1. The third kappa shape index (κ3) is 3.23. The lowest BCUT2D eigenvalue weighted by Gasteiger charge is -2.08. The number of esters is 1. The van der Waals surface area contributed by atoms with Crippen LogP contribution in [0.1, 0.15) is 10.4 Å². The Hall–Kier alpha value is -1.56. The maximum Gasteiger partial charge on any atom is 0.343 e. The molecule has 0 fully saturated rings. The fraction of sp³-hybridized carbons (Fsp3) is 0.200. The van der Waals surface area contributed by atoms with Crippen LogP contribution >= 0.6 is 15.9 Å². The maximum absolute atomic E-state index is 10.8. The lowest BCUT2D eigenvalue weighted by Crippen LogP contribution is -2.14. The number of hydrogen-bond acceptors (Lipinski definition) is 4. The van der Waals surface area contributed by atoms with Gasteiger partial charge < -0.3 is 14.6 Å². The average Bonchev–Trinajstić information content (AvgIpc) is 2.25. The van der Waals surface area contributed by atoms with E-state index >= 15 is 0 Å². The van der Waals surface area contributed by atoms with Gasteiger partial charge in [0.25, 0.3) is 0 Å². The van der Waals surface area contributed by atoms with Gasteiger partial charge in [0.2, 0.25) is 0 Å². The van der Waals surface area contributed by atoms with Crippen molar-refractivity contribution in [3.8, 4) is 5.75 Å². The Labute approximate surface area is 100 Å². The number of carbonyl (C=O) groups excluding carboxylic acids is 1. The molecule has 1 aromatic carbocycles. The zero-order valence-electron chi connectivity index (χ0n) is 8.40. The Kier molecular flexibility index (Phi) is 4.30. The van der Waals surface area contributed by atoms with Gasteiger partial charge in [-0.05, 0) is 18.2 Å². The van der Waals surface area contributed by atoms with Crippen molar-refractivity contribution in [3.63, 3.8) is 0 Å². The predicted molar refractivity (Wildman–Crippen MR) is 58.6 cm³/mol. The number of ether oxygens (including phenoxy) is 2. The third-order valence-corrected chi connectivity index (χ3v) is 2.24. The summed E-state index contributed by atoms with van der Waals surface area (Å²) in [5.74, 6) is -1.57. The fourth-order valence-corrected chi connectivity index (χ4v) is 1.33. The predicted octanol–water partition coefficient (Wildman–Crippen LogP) is 1.70. The second-order valence-corrected chi connectivity index (χ2v) is 3.73. The van der Waals surface area contributed by atoms with Crippen molar-refractivity contribution < 1.29 is 24.2 Å². The number of carbonyl (C=O) groups is 2. The highest BCUT2D eigenvalue weighted by Crippen LogP contribution is 2.23. The lowest BCUT2D eigenvalue weighted by molar-refractivity contribution is -0.142. The summed E-state index contributed by atoms with van der Waals surface area (Å²) in [6.07, 6.45) is 0. The average molecular weight is 289 g/mol. The molecule has 5 nitrogen and oxygen atoms in total. The van der Waals surface area contributed by atoms with Gasteiger partial charge in [-0.2, -0.15) is 0 Å². The number of aromatic carboxylic acids is 1. The zero-order valence-corrected chi connectivity index (χ0v) is 9.98. The van der Waals surface area contributed by atoms with Gasteiger partial charge in [0.05, 0.1) is 7.11 Å². The monoisotopic (exact) mass is 288 g/mol. The number of hydrogen-bond donors (Lipinski definition) is 1. The molecule has 0 aliphatic carbocycles. The van der Waals surface area contributed by atoms with Crippen LogP contribution in [0.5, 0.6) is 5.75 Å². The number of rotatable bonds is 4. The molecule has 0 heterocycles. The highest BCUT2D eigenvalue weighted by atomic mass is 79.9. The first-order valence-electron chi connectivity index (χ1n) is 4.27. The van der Waals surface area contributed by atoms with Gasteiger partial charge in [0, 0.05) is 4.47 Å². The van der Waals surface area contributed by atoms with Crippen LogP contribution < -0.4 is 4.74 Å². The summed E-state index contributed by atoms with van der Waals surface area (Å²) < 4.78 is 10.1. The smallest absolute Gasteiger partial charge is 0.343 e. The number of carboxylic acids is 1. The molecule has 0 amide bonds. The maximum atomic E-state index is 10.8. The van der Waals surface area contributed by atoms with E-state index < -0.39 is 11.9 Å². The quantitative estimate of drug-likeness (QED) is 0.854. The second-order valence-electron chi connectivity index (χ2n) is 2.81. The minimum atomic E-state index is -1.12. The molecule has 0 bridgehead atoms. The summed E-state index contributed by atoms with van der Waals surface area (Å²) in [5.41, 5.74) is -0.00731. The van der Waals surface area contributed by atoms with Crippen LogP contribution in [0.2, 0.25) is 0 Å². The van der Waals surface area contributed by atoms with Gasteiger partial charge >= 0.3 is 11.9 Å². The van der Waals surface area contributed by atoms with Crippen molar-refractivity contribution in [2.75, 3.05) is 13.7 Å². The molecule has 0 spiro atoms. The summed E-state index contributed by atoms with van der Waals surface area (Å²) in [5, 5.41) is 8.87. The standard InChI is InChI=1S/C10H9BrO5/c1-15-9(12)5-16-8-4-6(11)2-3-7(8)10(13)14/h2-4H,5H2,1H3,(H,13,14). The van der Waals surface area contributed by atoms with Crippen LogP contribution in [-0.2, 0) is 9.53 Å². The van der Waals surface area contributed by atoms with E-state index in [0.29, 0.717) is 4.47 Å². The Bertz CT molecular complexity index is 416. The first kappa shape index (κ1) is 12.5. The van der Waals surface area contributed by atoms with E-state index in [1.165, 1.54) is 19.2 Å². The third-order valence-electron chi connectivity index (χ3n) is 1.75. The Morgan fingerprint density at radius 1 is 1.44 bits per heavy atom. The van der Waals surface area contributed by atoms with Crippen LogP contribution in [0.15, 0.2) is 22.7 Å². The second kappa shape index (κ2) is 5.50. The SMILES string of the molecule is COC(=O)COc1cc(Br)ccc1C(=O)O. The Morgan fingerprint density at radius 3 is 2.69 bits per heavy atom. The summed E-state index contributed by atoms with van der Waals surface area (Å²) in [4.78, 5) is 21.7. The topological polar surface area (TPSA) is 72.8 Å². The summed E-state index contributed by atoms with van der Waals surface area (Å²) in [6, 6.07) is 4.44. The largest absolute Gasteiger partial charge is 0.481 e. The van der Waals surface area contributed by atoms with Gasteiger partial charge in [-0.1, -0.05) is 15.9 Å². The van der Waals surface area contributed by atoms with Crippen LogP contribution in [0.3, 0.4) is 0 Å². The molecular formula is C10H9BrO5. The molecule has 0 radical (unpaired) electrons. The lowest BCUT2D eigenvalue weighted by atomic mass is 10.2. The van der Waals surface area contributed by atoms with Gasteiger partial charge in [-0.25, -0.2) is 9.59 Å². The molecule has 0 saturated heterocycles. The Balaban J connectivity index is 2.88. The van der Waals surface area contributed by atoms with Crippen LogP contribution in [0, 0.1) is 0 Å². The number of methoxy groups -OCH3 is 1. The van der Waals surface area contributed by atoms with Gasteiger partial charge in [0.15, 0.2) is 6.61 Å². The Morgan fingerprint density at radius 2 is 2.12 bits per heavy atom. The van der Waals surface area contributed by atoms with Crippen molar-refractivity contribution in [1.29, 1.82) is 0 Å². The number of halogens is 1. The molecule has 0 aliphatic rings. The van der Waals surface area contributed by atoms with E-state index in [4.69, 9.17) is 9.84 Å². The summed E-state index contributed by atoms with van der Waals surface area (Å²) in [7, 11) is 1.23. The van der Waals surface area contributed by atoms with E-state index in [1.54, 1.807) is 6.07 Å². The molecular weight excluding hydrogens is 280 g/mol. The molecule has 0 atom stereocenters. The van der Waals surface area contributed by atoms with E-state index in [-0.39, 0.29) is 17.9 Å². The van der Waals surface area contributed by atoms with Gasteiger partial charge in [0.1, 0.15) is 11.3 Å². The summed E-state index contributed by atoms with van der Waals surface area (Å²) >= 11 is 3.18. The van der Waals surface area contributed by atoms with Crippen LogP contribution in [0.25, 0.3) is 0 Å². The molecule has 0 aliphatic heterocycles. The van der Waals surface area contributed by atoms with Crippen molar-refractivity contribution in [2.24, 2.45) is 0 Å². The molecule has 86 valence electrons. The highest BCUT2D eigenvalue weighted by molar-refractivity contribution is 9.10. The molecule has 0 unspecified atom stereocenters. The van der Waals surface area contributed by atoms with Crippen molar-refractivity contribution in [1.82, 2.24) is 0 Å². The minimum Gasteiger partial charge on any atom is -0.481 e. The molecule has 1 N–H and O–H groups in total. The van der Waals surface area contributed by atoms with E-state index in [9.17, 15) is 9.59 Å². The summed E-state index contributed by atoms with van der Waals surface area (Å²) in [6.45, 7) is -0.326. The van der Waals surface area contributed by atoms with Crippen molar-refractivity contribution in [3.05, 3.63) is 28.2 Å². The van der Waals surface area contributed by atoms with Gasteiger partial charge in [-0.3, -0.25) is 0 Å². The van der Waals surface area contributed by atoms with Gasteiger partial charge in [-0.15, -0.1) is 0 Å².